The highest BCUT2D eigenvalue weighted by Crippen LogP contribution is 2.36. The summed E-state index contributed by atoms with van der Waals surface area (Å²) in [5.41, 5.74) is 2.99. The molecule has 0 aliphatic heterocycles. The van der Waals surface area contributed by atoms with E-state index < -0.39 is 0 Å². The lowest BCUT2D eigenvalue weighted by atomic mass is 10.1. The fourth-order valence-electron chi connectivity index (χ4n) is 1.86. The van der Waals surface area contributed by atoms with E-state index in [0.717, 1.165) is 27.5 Å². The lowest BCUT2D eigenvalue weighted by Gasteiger charge is -2.13. The summed E-state index contributed by atoms with van der Waals surface area (Å²) in [6.45, 7) is 3.92. The van der Waals surface area contributed by atoms with Gasteiger partial charge in [-0.1, -0.05) is 51.3 Å². The molecule has 0 N–H and O–H groups in total. The van der Waals surface area contributed by atoms with E-state index in [-0.39, 0.29) is 0 Å². The van der Waals surface area contributed by atoms with E-state index in [1.54, 1.807) is 0 Å². The van der Waals surface area contributed by atoms with Gasteiger partial charge in [-0.2, -0.15) is 0 Å². The molecule has 2 aromatic rings. The number of aryl methyl sites for hydroxylation is 2. The summed E-state index contributed by atoms with van der Waals surface area (Å²) in [7, 11) is 0. The summed E-state index contributed by atoms with van der Waals surface area (Å²) in [5, 5.41) is 2.06. The second-order valence-electron chi connectivity index (χ2n) is 4.33. The van der Waals surface area contributed by atoms with Crippen LogP contribution in [-0.4, -0.2) is 0 Å². The van der Waals surface area contributed by atoms with Crippen LogP contribution in [0.25, 0.3) is 0 Å². The molecule has 2 rings (SSSR count). The number of halogens is 3. The first-order valence-corrected chi connectivity index (χ1v) is 7.68. The largest absolute Gasteiger partial charge is 0.455 e. The molecular weight excluding hydrogens is 347 g/mol. The van der Waals surface area contributed by atoms with Crippen LogP contribution in [0.3, 0.4) is 0 Å². The van der Waals surface area contributed by atoms with Crippen molar-refractivity contribution in [3.05, 3.63) is 57.1 Å². The quantitative estimate of drug-likeness (QED) is 0.584. The molecule has 0 saturated carbocycles. The minimum Gasteiger partial charge on any atom is -0.455 e. The van der Waals surface area contributed by atoms with Crippen LogP contribution in [0, 0.1) is 13.8 Å². The molecule has 0 atom stereocenters. The average molecular weight is 360 g/mol. The van der Waals surface area contributed by atoms with Crippen LogP contribution in [0.2, 0.25) is 10.0 Å². The summed E-state index contributed by atoms with van der Waals surface area (Å²) in [5.74, 6) is 1.43. The Balaban J connectivity index is 2.42. The van der Waals surface area contributed by atoms with Gasteiger partial charge in [0.05, 0.1) is 5.02 Å². The van der Waals surface area contributed by atoms with Gasteiger partial charge in [-0.05, 0) is 43.2 Å². The van der Waals surface area contributed by atoms with Gasteiger partial charge in [-0.15, -0.1) is 0 Å². The van der Waals surface area contributed by atoms with Gasteiger partial charge in [0.1, 0.15) is 11.5 Å². The Bertz CT molecular complexity index is 588. The second-order valence-corrected chi connectivity index (χ2v) is 5.68. The van der Waals surface area contributed by atoms with Crippen molar-refractivity contribution >= 4 is 39.1 Å². The number of hydrogen-bond donors (Lipinski definition) is 0. The Labute approximate surface area is 131 Å². The average Bonchev–Trinajstić information content (AvgIpc) is 2.38. The number of rotatable bonds is 3. The summed E-state index contributed by atoms with van der Waals surface area (Å²) in [4.78, 5) is 0. The summed E-state index contributed by atoms with van der Waals surface area (Å²) >= 11 is 15.8. The highest BCUT2D eigenvalue weighted by Gasteiger charge is 2.10. The van der Waals surface area contributed by atoms with Gasteiger partial charge < -0.3 is 4.74 Å². The molecular formula is C15H13BrCl2O. The van der Waals surface area contributed by atoms with E-state index in [1.807, 2.05) is 44.2 Å². The monoisotopic (exact) mass is 358 g/mol. The smallest absolute Gasteiger partial charge is 0.150 e. The Kier molecular flexibility index (Phi) is 4.77. The topological polar surface area (TPSA) is 9.23 Å². The van der Waals surface area contributed by atoms with Crippen molar-refractivity contribution in [2.45, 2.75) is 19.2 Å². The number of benzene rings is 2. The number of hydrogen-bond acceptors (Lipinski definition) is 1. The molecule has 4 heteroatoms. The van der Waals surface area contributed by atoms with E-state index in [2.05, 4.69) is 15.9 Å². The minimum atomic E-state index is 0.599. The summed E-state index contributed by atoms with van der Waals surface area (Å²) in [6.07, 6.45) is 0. The molecule has 1 nitrogen and oxygen atoms in total. The molecule has 0 bridgehead atoms. The van der Waals surface area contributed by atoms with E-state index in [1.165, 1.54) is 0 Å². The third-order valence-electron chi connectivity index (χ3n) is 2.82. The molecule has 0 radical (unpaired) electrons. The standard InChI is InChI=1S/C15H13BrCl2O/c1-9-6-12(7-10(2)14(9)18)19-15-11(8-16)4-3-5-13(15)17/h3-7H,8H2,1-2H3. The van der Waals surface area contributed by atoms with Gasteiger partial charge in [0.2, 0.25) is 0 Å². The molecule has 19 heavy (non-hydrogen) atoms. The molecule has 0 fully saturated rings. The Morgan fingerprint density at radius 1 is 1.11 bits per heavy atom. The Hall–Kier alpha value is -0.700. The highest BCUT2D eigenvalue weighted by atomic mass is 79.9. The number of para-hydroxylation sites is 1. The van der Waals surface area contributed by atoms with Crippen molar-refractivity contribution in [3.8, 4) is 11.5 Å². The van der Waals surface area contributed by atoms with E-state index >= 15 is 0 Å². The van der Waals surface area contributed by atoms with Gasteiger partial charge in [-0.25, -0.2) is 0 Å². The zero-order valence-corrected chi connectivity index (χ0v) is 13.7. The first kappa shape index (κ1) is 14.7. The van der Waals surface area contributed by atoms with E-state index in [0.29, 0.717) is 16.1 Å². The maximum absolute atomic E-state index is 6.20. The van der Waals surface area contributed by atoms with Crippen LogP contribution in [-0.2, 0) is 5.33 Å². The van der Waals surface area contributed by atoms with E-state index in [9.17, 15) is 0 Å². The summed E-state index contributed by atoms with van der Waals surface area (Å²) < 4.78 is 5.93. The molecule has 0 heterocycles. The lowest BCUT2D eigenvalue weighted by Crippen LogP contribution is -1.92. The van der Waals surface area contributed by atoms with Gasteiger partial charge in [0.15, 0.2) is 0 Å². The fraction of sp³-hybridized carbons (Fsp3) is 0.200. The predicted molar refractivity (Wildman–Crippen MR) is 85.1 cm³/mol. The van der Waals surface area contributed by atoms with Gasteiger partial charge in [0, 0.05) is 15.9 Å². The van der Waals surface area contributed by atoms with Crippen molar-refractivity contribution < 1.29 is 4.74 Å². The van der Waals surface area contributed by atoms with Crippen molar-refractivity contribution in [3.63, 3.8) is 0 Å². The number of alkyl halides is 1. The van der Waals surface area contributed by atoms with Gasteiger partial charge in [0.25, 0.3) is 0 Å². The molecule has 0 amide bonds. The van der Waals surface area contributed by atoms with Crippen molar-refractivity contribution in [1.82, 2.24) is 0 Å². The fourth-order valence-corrected chi connectivity index (χ4v) is 2.64. The molecule has 0 aliphatic rings. The SMILES string of the molecule is Cc1cc(Oc2c(Cl)cccc2CBr)cc(C)c1Cl. The normalized spacial score (nSPS) is 10.6. The maximum atomic E-state index is 6.20. The Morgan fingerprint density at radius 3 is 2.32 bits per heavy atom. The van der Waals surface area contributed by atoms with Crippen molar-refractivity contribution in [2.75, 3.05) is 0 Å². The van der Waals surface area contributed by atoms with Crippen molar-refractivity contribution in [2.24, 2.45) is 0 Å². The predicted octanol–water partition coefficient (Wildman–Crippen LogP) is 6.30. The van der Waals surface area contributed by atoms with Gasteiger partial charge in [-0.3, -0.25) is 0 Å². The second kappa shape index (κ2) is 6.17. The molecule has 0 aromatic heterocycles. The lowest BCUT2D eigenvalue weighted by molar-refractivity contribution is 0.478. The first-order valence-electron chi connectivity index (χ1n) is 5.81. The zero-order chi connectivity index (χ0) is 14.0. The first-order chi connectivity index (χ1) is 9.02. The third kappa shape index (κ3) is 3.25. The minimum absolute atomic E-state index is 0.599. The van der Waals surface area contributed by atoms with Crippen LogP contribution in [0.15, 0.2) is 30.3 Å². The molecule has 100 valence electrons. The van der Waals surface area contributed by atoms with Crippen LogP contribution in [0.5, 0.6) is 11.5 Å². The third-order valence-corrected chi connectivity index (χ3v) is 4.32. The molecule has 0 unspecified atom stereocenters. The Morgan fingerprint density at radius 2 is 1.74 bits per heavy atom. The van der Waals surface area contributed by atoms with Crippen LogP contribution in [0.1, 0.15) is 16.7 Å². The highest BCUT2D eigenvalue weighted by molar-refractivity contribution is 9.08. The molecule has 0 aliphatic carbocycles. The van der Waals surface area contributed by atoms with E-state index in [4.69, 9.17) is 27.9 Å². The van der Waals surface area contributed by atoms with Crippen LogP contribution >= 0.6 is 39.1 Å². The molecule has 0 saturated heterocycles. The molecule has 2 aromatic carbocycles. The number of ether oxygens (including phenoxy) is 1. The van der Waals surface area contributed by atoms with Crippen LogP contribution in [0.4, 0.5) is 0 Å². The maximum Gasteiger partial charge on any atom is 0.150 e. The van der Waals surface area contributed by atoms with Crippen molar-refractivity contribution in [1.29, 1.82) is 0 Å². The van der Waals surface area contributed by atoms with Crippen LogP contribution < -0.4 is 4.74 Å². The van der Waals surface area contributed by atoms with Gasteiger partial charge >= 0.3 is 0 Å². The zero-order valence-electron chi connectivity index (χ0n) is 10.6. The summed E-state index contributed by atoms with van der Waals surface area (Å²) in [6, 6.07) is 9.53. The molecule has 0 spiro atoms.